The van der Waals surface area contributed by atoms with Crippen LogP contribution in [-0.2, 0) is 10.0 Å². The third-order valence-electron chi connectivity index (χ3n) is 4.25. The molecule has 0 bridgehead atoms. The largest absolute Gasteiger partial charge is 0.329 e. The monoisotopic (exact) mass is 396 g/mol. The predicted octanol–water partition coefficient (Wildman–Crippen LogP) is 1.20. The van der Waals surface area contributed by atoms with Gasteiger partial charge in [-0.15, -0.1) is 12.4 Å². The van der Waals surface area contributed by atoms with Gasteiger partial charge in [-0.25, -0.2) is 13.1 Å². The highest BCUT2D eigenvalue weighted by Crippen LogP contribution is 2.24. The van der Waals surface area contributed by atoms with E-state index >= 15 is 0 Å². The first kappa shape index (κ1) is 20.3. The van der Waals surface area contributed by atoms with Crippen LogP contribution in [0.4, 0.5) is 0 Å². The number of benzene rings is 1. The zero-order chi connectivity index (χ0) is 17.9. The van der Waals surface area contributed by atoms with Gasteiger partial charge < -0.3 is 10.2 Å². The summed E-state index contributed by atoms with van der Waals surface area (Å²) in [7, 11) is -2.16. The van der Waals surface area contributed by atoms with E-state index in [1.54, 1.807) is 29.4 Å². The van der Waals surface area contributed by atoms with Crippen molar-refractivity contribution in [1.29, 1.82) is 0 Å². The molecule has 26 heavy (non-hydrogen) atoms. The second kappa shape index (κ2) is 8.59. The lowest BCUT2D eigenvalue weighted by Gasteiger charge is -2.36. The van der Waals surface area contributed by atoms with Crippen LogP contribution in [0, 0.1) is 0 Å². The van der Waals surface area contributed by atoms with E-state index in [2.05, 4.69) is 15.0 Å². The number of hydrogen-bond donors (Lipinski definition) is 2. The molecule has 140 valence electrons. The van der Waals surface area contributed by atoms with Gasteiger partial charge in [-0.2, -0.15) is 0 Å². The number of pyridine rings is 1. The van der Waals surface area contributed by atoms with Gasteiger partial charge in [-0.05, 0) is 42.9 Å². The number of nitrogens with zero attached hydrogens (tertiary/aromatic N) is 2. The minimum Gasteiger partial charge on any atom is -0.329 e. The van der Waals surface area contributed by atoms with Crippen LogP contribution in [-0.4, -0.2) is 50.9 Å². The van der Waals surface area contributed by atoms with Crippen LogP contribution in [0.25, 0.3) is 0 Å². The molecule has 1 aromatic heterocycles. The molecule has 1 fully saturated rings. The van der Waals surface area contributed by atoms with Gasteiger partial charge in [0, 0.05) is 37.6 Å². The highest BCUT2D eigenvalue weighted by molar-refractivity contribution is 7.89. The van der Waals surface area contributed by atoms with Gasteiger partial charge in [0.15, 0.2) is 0 Å². The highest BCUT2D eigenvalue weighted by atomic mass is 35.5. The van der Waals surface area contributed by atoms with Crippen molar-refractivity contribution in [2.24, 2.45) is 0 Å². The summed E-state index contributed by atoms with van der Waals surface area (Å²) in [6, 6.07) is 9.69. The van der Waals surface area contributed by atoms with E-state index in [-0.39, 0.29) is 29.3 Å². The average molecular weight is 397 g/mol. The van der Waals surface area contributed by atoms with E-state index < -0.39 is 10.0 Å². The number of halogens is 1. The number of hydrogen-bond acceptors (Lipinski definition) is 5. The molecular weight excluding hydrogens is 376 g/mol. The molecule has 0 aliphatic carbocycles. The first-order valence-electron chi connectivity index (χ1n) is 7.98. The predicted molar refractivity (Wildman–Crippen MR) is 101 cm³/mol. The standard InChI is InChI=1S/C17H20N4O3S.ClH/c1-18-25(23,24)15-6-4-13(5-7-15)17(22)21-10-9-20-12-16(21)14-3-2-8-19-11-14;/h2-8,11,16,18,20H,9-10,12H2,1H3;1H. The van der Waals surface area contributed by atoms with Gasteiger partial charge in [-0.3, -0.25) is 9.78 Å². The quantitative estimate of drug-likeness (QED) is 0.810. The van der Waals surface area contributed by atoms with E-state index in [4.69, 9.17) is 0 Å². The summed E-state index contributed by atoms with van der Waals surface area (Å²) in [4.78, 5) is 19.0. The lowest BCUT2D eigenvalue weighted by molar-refractivity contribution is 0.0634. The molecule has 1 unspecified atom stereocenters. The molecule has 1 aromatic carbocycles. The molecule has 3 rings (SSSR count). The first-order valence-corrected chi connectivity index (χ1v) is 9.46. The van der Waals surface area contributed by atoms with Crippen molar-refractivity contribution in [3.8, 4) is 0 Å². The van der Waals surface area contributed by atoms with Gasteiger partial charge in [0.2, 0.25) is 10.0 Å². The molecule has 9 heteroatoms. The Kier molecular flexibility index (Phi) is 6.71. The molecule has 1 amide bonds. The van der Waals surface area contributed by atoms with Gasteiger partial charge in [-0.1, -0.05) is 6.07 Å². The second-order valence-electron chi connectivity index (χ2n) is 5.74. The molecule has 2 heterocycles. The molecule has 2 N–H and O–H groups in total. The minimum atomic E-state index is -3.51. The number of nitrogens with one attached hydrogen (secondary N) is 2. The van der Waals surface area contributed by atoms with E-state index in [9.17, 15) is 13.2 Å². The lowest BCUT2D eigenvalue weighted by atomic mass is 10.0. The van der Waals surface area contributed by atoms with Gasteiger partial charge in [0.25, 0.3) is 5.91 Å². The van der Waals surface area contributed by atoms with Gasteiger partial charge in [0.05, 0.1) is 10.9 Å². The lowest BCUT2D eigenvalue weighted by Crippen LogP contribution is -2.48. The molecule has 1 aliphatic rings. The SMILES string of the molecule is CNS(=O)(=O)c1ccc(C(=O)N2CCNCC2c2cccnc2)cc1.Cl. The number of carbonyl (C=O) groups excluding carboxylic acids is 1. The van der Waals surface area contributed by atoms with Crippen LogP contribution in [0.3, 0.4) is 0 Å². The Morgan fingerprint density at radius 2 is 2.00 bits per heavy atom. The summed E-state index contributed by atoms with van der Waals surface area (Å²) in [5, 5.41) is 3.30. The molecule has 2 aromatic rings. The topological polar surface area (TPSA) is 91.4 Å². The number of sulfonamides is 1. The Morgan fingerprint density at radius 3 is 2.62 bits per heavy atom. The normalized spacial score (nSPS) is 17.4. The van der Waals surface area contributed by atoms with Crippen LogP contribution >= 0.6 is 12.4 Å². The number of aromatic nitrogens is 1. The van der Waals surface area contributed by atoms with Gasteiger partial charge in [0.1, 0.15) is 0 Å². The Balaban J connectivity index is 0.00000243. The van der Waals surface area contributed by atoms with Crippen molar-refractivity contribution < 1.29 is 13.2 Å². The molecule has 1 aliphatic heterocycles. The zero-order valence-corrected chi connectivity index (χ0v) is 15.9. The van der Waals surface area contributed by atoms with Crippen molar-refractivity contribution in [2.45, 2.75) is 10.9 Å². The number of rotatable bonds is 4. The van der Waals surface area contributed by atoms with Crippen molar-refractivity contribution in [3.63, 3.8) is 0 Å². The molecule has 1 saturated heterocycles. The summed E-state index contributed by atoms with van der Waals surface area (Å²) in [6.07, 6.45) is 3.47. The van der Waals surface area contributed by atoms with E-state index in [1.165, 1.54) is 19.2 Å². The summed E-state index contributed by atoms with van der Waals surface area (Å²) in [5.41, 5.74) is 1.43. The highest BCUT2D eigenvalue weighted by Gasteiger charge is 2.28. The summed E-state index contributed by atoms with van der Waals surface area (Å²) >= 11 is 0. The fourth-order valence-electron chi connectivity index (χ4n) is 2.88. The molecule has 0 spiro atoms. The third-order valence-corrected chi connectivity index (χ3v) is 5.68. The van der Waals surface area contributed by atoms with Crippen LogP contribution < -0.4 is 10.0 Å². The van der Waals surface area contributed by atoms with Crippen molar-refractivity contribution in [1.82, 2.24) is 19.9 Å². The maximum atomic E-state index is 12.9. The molecule has 0 radical (unpaired) electrons. The average Bonchev–Trinajstić information content (AvgIpc) is 2.68. The van der Waals surface area contributed by atoms with Crippen LogP contribution in [0.15, 0.2) is 53.7 Å². The van der Waals surface area contributed by atoms with E-state index in [0.717, 1.165) is 5.56 Å². The Bertz CT molecular complexity index is 844. The van der Waals surface area contributed by atoms with Crippen LogP contribution in [0.5, 0.6) is 0 Å². The van der Waals surface area contributed by atoms with Crippen LogP contribution in [0.1, 0.15) is 22.0 Å². The Hall–Kier alpha value is -2.00. The second-order valence-corrected chi connectivity index (χ2v) is 7.62. The Labute approximate surface area is 159 Å². The number of piperazine rings is 1. The van der Waals surface area contributed by atoms with Crippen molar-refractivity contribution in [3.05, 3.63) is 59.9 Å². The summed E-state index contributed by atoms with van der Waals surface area (Å²) in [6.45, 7) is 1.95. The number of amides is 1. The first-order chi connectivity index (χ1) is 12.0. The molecule has 1 atom stereocenters. The van der Waals surface area contributed by atoms with Crippen LogP contribution in [0.2, 0.25) is 0 Å². The summed E-state index contributed by atoms with van der Waals surface area (Å²) < 4.78 is 25.9. The fraction of sp³-hybridized carbons (Fsp3) is 0.294. The molecule has 0 saturated carbocycles. The van der Waals surface area contributed by atoms with E-state index in [0.29, 0.717) is 25.2 Å². The summed E-state index contributed by atoms with van der Waals surface area (Å²) in [5.74, 6) is -0.122. The minimum absolute atomic E-state index is 0. The van der Waals surface area contributed by atoms with Crippen molar-refractivity contribution >= 4 is 28.3 Å². The van der Waals surface area contributed by atoms with Crippen molar-refractivity contribution in [2.75, 3.05) is 26.7 Å². The van der Waals surface area contributed by atoms with Gasteiger partial charge >= 0.3 is 0 Å². The third kappa shape index (κ3) is 4.21. The van der Waals surface area contributed by atoms with E-state index in [1.807, 2.05) is 12.1 Å². The molecule has 7 nitrogen and oxygen atoms in total. The maximum Gasteiger partial charge on any atom is 0.254 e. The molecular formula is C17H21ClN4O3S. The number of carbonyl (C=O) groups is 1. The Morgan fingerprint density at radius 1 is 1.27 bits per heavy atom. The maximum absolute atomic E-state index is 12.9. The fourth-order valence-corrected chi connectivity index (χ4v) is 3.61. The zero-order valence-electron chi connectivity index (χ0n) is 14.3. The smallest absolute Gasteiger partial charge is 0.254 e.